The van der Waals surface area contributed by atoms with E-state index < -0.39 is 0 Å². The molecule has 150 valence electrons. The minimum atomic E-state index is -0.321. The molecule has 1 amide bonds. The van der Waals surface area contributed by atoms with Crippen molar-refractivity contribution in [3.63, 3.8) is 0 Å². The summed E-state index contributed by atoms with van der Waals surface area (Å²) in [7, 11) is 0. The summed E-state index contributed by atoms with van der Waals surface area (Å²) in [6, 6.07) is 7.43. The third-order valence-electron chi connectivity index (χ3n) is 4.97. The molecular weight excluding hydrogens is 384 g/mol. The van der Waals surface area contributed by atoms with Crippen molar-refractivity contribution in [1.29, 1.82) is 0 Å². The third kappa shape index (κ3) is 4.17. The summed E-state index contributed by atoms with van der Waals surface area (Å²) >= 11 is 1.93. The zero-order chi connectivity index (χ0) is 20.4. The number of hydrogen-bond donors (Lipinski definition) is 1. The highest BCUT2D eigenvalue weighted by molar-refractivity contribution is 7.99. The molecule has 1 N–H and O–H groups in total. The van der Waals surface area contributed by atoms with Gasteiger partial charge in [-0.2, -0.15) is 11.8 Å². The number of anilines is 1. The Morgan fingerprint density at radius 1 is 1.17 bits per heavy atom. The van der Waals surface area contributed by atoms with Crippen molar-refractivity contribution in [2.24, 2.45) is 0 Å². The van der Waals surface area contributed by atoms with Crippen molar-refractivity contribution < 1.29 is 4.79 Å². The van der Waals surface area contributed by atoms with Crippen molar-refractivity contribution in [3.8, 4) is 0 Å². The first-order chi connectivity index (χ1) is 14.0. The van der Waals surface area contributed by atoms with E-state index in [1.54, 1.807) is 6.20 Å². The molecule has 0 spiro atoms. The predicted octanol–water partition coefficient (Wildman–Crippen LogP) is 3.08. The van der Waals surface area contributed by atoms with Gasteiger partial charge in [-0.3, -0.25) is 9.78 Å². The standard InChI is InChI=1S/C21H24N6OS/c1-13-12-14(2)23-18-17(13)20(27-8-10-29-11-9-27)26-19(25-18)21(28)24-15(3)16-6-4-5-7-22-16/h4-7,12,15H,8-11H2,1-3H3,(H,24,28)/t15-/m1/s1. The Morgan fingerprint density at radius 2 is 1.97 bits per heavy atom. The summed E-state index contributed by atoms with van der Waals surface area (Å²) in [5, 5.41) is 3.89. The quantitative estimate of drug-likeness (QED) is 0.710. The maximum atomic E-state index is 13.0. The van der Waals surface area contributed by atoms with Gasteiger partial charge in [0.05, 0.1) is 17.1 Å². The topological polar surface area (TPSA) is 83.9 Å². The number of aryl methyl sites for hydroxylation is 2. The first-order valence-electron chi connectivity index (χ1n) is 9.73. The van der Waals surface area contributed by atoms with Crippen LogP contribution < -0.4 is 10.2 Å². The summed E-state index contributed by atoms with van der Waals surface area (Å²) in [4.78, 5) is 33.3. The number of thioether (sulfide) groups is 1. The molecule has 3 aromatic rings. The van der Waals surface area contributed by atoms with Crippen LogP contribution in [0, 0.1) is 13.8 Å². The normalized spacial score (nSPS) is 15.3. The minimum Gasteiger partial charge on any atom is -0.354 e. The highest BCUT2D eigenvalue weighted by atomic mass is 32.2. The van der Waals surface area contributed by atoms with E-state index in [0.29, 0.717) is 5.65 Å². The van der Waals surface area contributed by atoms with Crippen LogP contribution in [0.25, 0.3) is 11.0 Å². The summed E-state index contributed by atoms with van der Waals surface area (Å²) in [5.74, 6) is 2.71. The average molecular weight is 409 g/mol. The maximum absolute atomic E-state index is 13.0. The highest BCUT2D eigenvalue weighted by Crippen LogP contribution is 2.28. The maximum Gasteiger partial charge on any atom is 0.289 e. The number of nitrogens with one attached hydrogen (secondary N) is 1. The van der Waals surface area contributed by atoms with Crippen LogP contribution in [0.4, 0.5) is 5.82 Å². The Hall–Kier alpha value is -2.74. The van der Waals surface area contributed by atoms with E-state index in [4.69, 9.17) is 4.98 Å². The van der Waals surface area contributed by atoms with Gasteiger partial charge >= 0.3 is 0 Å². The van der Waals surface area contributed by atoms with Crippen LogP contribution in [0.5, 0.6) is 0 Å². The molecule has 1 fully saturated rings. The van der Waals surface area contributed by atoms with Gasteiger partial charge in [0.25, 0.3) is 5.91 Å². The molecule has 3 aromatic heterocycles. The van der Waals surface area contributed by atoms with Crippen LogP contribution in [0.1, 0.15) is 40.5 Å². The molecule has 0 radical (unpaired) electrons. The number of carbonyl (C=O) groups is 1. The molecule has 1 atom stereocenters. The number of fused-ring (bicyclic) bond motifs is 1. The monoisotopic (exact) mass is 408 g/mol. The van der Waals surface area contributed by atoms with E-state index in [2.05, 4.69) is 25.2 Å². The lowest BCUT2D eigenvalue weighted by atomic mass is 10.1. The van der Waals surface area contributed by atoms with Crippen LogP contribution >= 0.6 is 11.8 Å². The Morgan fingerprint density at radius 3 is 2.69 bits per heavy atom. The lowest BCUT2D eigenvalue weighted by molar-refractivity contribution is 0.0929. The largest absolute Gasteiger partial charge is 0.354 e. The summed E-state index contributed by atoms with van der Waals surface area (Å²) in [6.07, 6.45) is 1.71. The molecule has 7 nitrogen and oxygen atoms in total. The van der Waals surface area contributed by atoms with Crippen molar-refractivity contribution in [1.82, 2.24) is 25.3 Å². The minimum absolute atomic E-state index is 0.144. The van der Waals surface area contributed by atoms with Crippen molar-refractivity contribution >= 4 is 34.5 Å². The van der Waals surface area contributed by atoms with Crippen LogP contribution in [0.15, 0.2) is 30.5 Å². The molecular formula is C21H24N6OS. The first kappa shape index (κ1) is 19.6. The Kier molecular flexibility index (Phi) is 5.62. The average Bonchev–Trinajstić information content (AvgIpc) is 2.73. The second-order valence-corrected chi connectivity index (χ2v) is 8.42. The molecule has 1 aliphatic heterocycles. The molecule has 0 aromatic carbocycles. The van der Waals surface area contributed by atoms with E-state index in [-0.39, 0.29) is 17.8 Å². The van der Waals surface area contributed by atoms with Crippen molar-refractivity contribution in [3.05, 3.63) is 53.2 Å². The number of carbonyl (C=O) groups excluding carboxylic acids is 1. The van der Waals surface area contributed by atoms with Gasteiger partial charge in [0.2, 0.25) is 5.82 Å². The Balaban J connectivity index is 1.73. The molecule has 8 heteroatoms. The molecule has 29 heavy (non-hydrogen) atoms. The smallest absolute Gasteiger partial charge is 0.289 e. The van der Waals surface area contributed by atoms with Gasteiger partial charge in [-0.1, -0.05) is 6.07 Å². The third-order valence-corrected chi connectivity index (χ3v) is 5.91. The predicted molar refractivity (Wildman–Crippen MR) is 116 cm³/mol. The number of amides is 1. The second kappa shape index (κ2) is 8.32. The highest BCUT2D eigenvalue weighted by Gasteiger charge is 2.23. The molecule has 0 saturated carbocycles. The van der Waals surface area contributed by atoms with Crippen molar-refractivity contribution in [2.75, 3.05) is 29.5 Å². The zero-order valence-electron chi connectivity index (χ0n) is 16.8. The number of pyridine rings is 2. The SMILES string of the molecule is Cc1cc(C)c2c(N3CCSCC3)nc(C(=O)N[C@H](C)c3ccccn3)nc2n1. The summed E-state index contributed by atoms with van der Waals surface area (Å²) in [5.41, 5.74) is 3.32. The lowest BCUT2D eigenvalue weighted by Gasteiger charge is -2.29. The molecule has 4 rings (SSSR count). The number of hydrogen-bond acceptors (Lipinski definition) is 7. The van der Waals surface area contributed by atoms with Crippen LogP contribution in [0.3, 0.4) is 0 Å². The molecule has 0 aliphatic carbocycles. The van der Waals surface area contributed by atoms with Crippen molar-refractivity contribution in [2.45, 2.75) is 26.8 Å². The summed E-state index contributed by atoms with van der Waals surface area (Å²) in [6.45, 7) is 7.68. The van der Waals surface area contributed by atoms with E-state index >= 15 is 0 Å². The van der Waals surface area contributed by atoms with Gasteiger partial charge in [0, 0.05) is 36.5 Å². The number of rotatable bonds is 4. The molecule has 0 unspecified atom stereocenters. The summed E-state index contributed by atoms with van der Waals surface area (Å²) < 4.78 is 0. The van der Waals surface area contributed by atoms with E-state index in [0.717, 1.165) is 52.8 Å². The lowest BCUT2D eigenvalue weighted by Crippen LogP contribution is -2.35. The van der Waals surface area contributed by atoms with E-state index in [9.17, 15) is 4.79 Å². The fourth-order valence-corrected chi connectivity index (χ4v) is 4.43. The van der Waals surface area contributed by atoms with Gasteiger partial charge in [0.1, 0.15) is 5.82 Å². The van der Waals surface area contributed by atoms with Crippen LogP contribution in [-0.4, -0.2) is 50.4 Å². The first-order valence-corrected chi connectivity index (χ1v) is 10.9. The van der Waals surface area contributed by atoms with Crippen LogP contribution in [0.2, 0.25) is 0 Å². The van der Waals surface area contributed by atoms with Crippen LogP contribution in [-0.2, 0) is 0 Å². The fourth-order valence-electron chi connectivity index (χ4n) is 3.53. The number of nitrogens with zero attached hydrogens (tertiary/aromatic N) is 5. The molecule has 0 bridgehead atoms. The molecule has 1 saturated heterocycles. The van der Waals surface area contributed by atoms with E-state index in [1.165, 1.54) is 0 Å². The van der Waals surface area contributed by atoms with Gasteiger partial charge in [-0.05, 0) is 44.5 Å². The Bertz CT molecular complexity index is 1040. The zero-order valence-corrected chi connectivity index (χ0v) is 17.7. The second-order valence-electron chi connectivity index (χ2n) is 7.20. The Labute approximate surface area is 174 Å². The van der Waals surface area contributed by atoms with Gasteiger partial charge in [0.15, 0.2) is 5.65 Å². The van der Waals surface area contributed by atoms with Gasteiger partial charge in [-0.25, -0.2) is 15.0 Å². The molecule has 1 aliphatic rings. The fraction of sp³-hybridized carbons (Fsp3) is 0.381. The number of aromatic nitrogens is 4. The van der Waals surface area contributed by atoms with E-state index in [1.807, 2.05) is 56.8 Å². The van der Waals surface area contributed by atoms with Gasteiger partial charge < -0.3 is 10.2 Å². The molecule has 4 heterocycles. The van der Waals surface area contributed by atoms with Gasteiger partial charge in [-0.15, -0.1) is 0 Å².